The number of methoxy groups -OCH3 is 1. The third-order valence-corrected chi connectivity index (χ3v) is 6.44. The Morgan fingerprint density at radius 2 is 2.10 bits per heavy atom. The van der Waals surface area contributed by atoms with E-state index in [-0.39, 0.29) is 5.91 Å². The lowest BCUT2D eigenvalue weighted by Gasteiger charge is -2.07. The zero-order chi connectivity index (χ0) is 21.8. The minimum atomic E-state index is -0.258. The third kappa shape index (κ3) is 4.44. The molecule has 6 nitrogen and oxygen atoms in total. The smallest absolute Gasteiger partial charge is 0.281 e. The maximum atomic E-state index is 12.5. The van der Waals surface area contributed by atoms with Crippen molar-refractivity contribution in [2.24, 2.45) is 5.10 Å². The first kappa shape index (κ1) is 21.4. The van der Waals surface area contributed by atoms with Gasteiger partial charge in [0, 0.05) is 28.8 Å². The molecule has 0 aliphatic heterocycles. The molecule has 0 spiro atoms. The van der Waals surface area contributed by atoms with Crippen molar-refractivity contribution in [1.82, 2.24) is 9.99 Å². The van der Waals surface area contributed by atoms with E-state index in [4.69, 9.17) is 21.1 Å². The van der Waals surface area contributed by atoms with E-state index in [1.807, 2.05) is 60.0 Å². The molecule has 0 bridgehead atoms. The van der Waals surface area contributed by atoms with Crippen molar-refractivity contribution in [3.63, 3.8) is 0 Å². The summed E-state index contributed by atoms with van der Waals surface area (Å²) in [6.07, 6.45) is 1.58. The molecule has 4 rings (SSSR count). The van der Waals surface area contributed by atoms with Crippen molar-refractivity contribution in [1.29, 1.82) is 0 Å². The highest BCUT2D eigenvalue weighted by molar-refractivity contribution is 7.20. The average Bonchev–Trinajstić information content (AvgIpc) is 3.33. The van der Waals surface area contributed by atoms with Crippen LogP contribution in [0.25, 0.3) is 21.0 Å². The van der Waals surface area contributed by atoms with Gasteiger partial charge >= 0.3 is 0 Å². The van der Waals surface area contributed by atoms with Crippen LogP contribution in [0.4, 0.5) is 0 Å². The number of amides is 1. The van der Waals surface area contributed by atoms with Crippen molar-refractivity contribution >= 4 is 56.0 Å². The number of rotatable bonds is 8. The lowest BCUT2D eigenvalue weighted by Crippen LogP contribution is -2.16. The van der Waals surface area contributed by atoms with Crippen LogP contribution in [0, 0.1) is 0 Å². The fourth-order valence-electron chi connectivity index (χ4n) is 3.40. The van der Waals surface area contributed by atoms with Crippen LogP contribution in [-0.2, 0) is 11.3 Å². The SMILES string of the molecule is CCOCCn1c(Cl)c(/C=N/NC(=O)c2cc3ccccc3s2)c2cc(OC)ccc21. The highest BCUT2D eigenvalue weighted by Crippen LogP contribution is 2.32. The second kappa shape index (κ2) is 9.51. The van der Waals surface area contributed by atoms with Crippen molar-refractivity contribution in [2.45, 2.75) is 13.5 Å². The largest absolute Gasteiger partial charge is 0.497 e. The van der Waals surface area contributed by atoms with Crippen molar-refractivity contribution in [3.05, 3.63) is 64.1 Å². The molecule has 0 saturated heterocycles. The Morgan fingerprint density at radius 1 is 1.26 bits per heavy atom. The van der Waals surface area contributed by atoms with Gasteiger partial charge in [-0.25, -0.2) is 5.43 Å². The minimum absolute atomic E-state index is 0.258. The van der Waals surface area contributed by atoms with Gasteiger partial charge in [0.25, 0.3) is 5.91 Å². The second-order valence-corrected chi connectivity index (χ2v) is 8.23. The maximum Gasteiger partial charge on any atom is 0.281 e. The molecule has 160 valence electrons. The lowest BCUT2D eigenvalue weighted by atomic mass is 10.2. The molecular formula is C23H22ClN3O3S. The van der Waals surface area contributed by atoms with Gasteiger partial charge in [0.05, 0.1) is 30.3 Å². The number of hydrogen-bond acceptors (Lipinski definition) is 5. The number of ether oxygens (including phenoxy) is 2. The Hall–Kier alpha value is -2.87. The number of carbonyl (C=O) groups excluding carboxylic acids is 1. The molecule has 0 saturated carbocycles. The fourth-order valence-corrected chi connectivity index (χ4v) is 4.68. The van der Waals surface area contributed by atoms with Gasteiger partial charge in [-0.1, -0.05) is 29.8 Å². The highest BCUT2D eigenvalue weighted by Gasteiger charge is 2.16. The molecule has 1 amide bonds. The summed E-state index contributed by atoms with van der Waals surface area (Å²) in [4.78, 5) is 13.1. The molecule has 0 aliphatic rings. The molecule has 2 aromatic heterocycles. The van der Waals surface area contributed by atoms with Crippen molar-refractivity contribution < 1.29 is 14.3 Å². The van der Waals surface area contributed by atoms with E-state index in [0.717, 1.165) is 26.7 Å². The summed E-state index contributed by atoms with van der Waals surface area (Å²) in [6, 6.07) is 15.5. The van der Waals surface area contributed by atoms with Gasteiger partial charge < -0.3 is 14.0 Å². The summed E-state index contributed by atoms with van der Waals surface area (Å²) in [5.74, 6) is 0.460. The van der Waals surface area contributed by atoms with E-state index in [1.165, 1.54) is 11.3 Å². The van der Waals surface area contributed by atoms with Crippen LogP contribution in [0.1, 0.15) is 22.2 Å². The number of thiophene rings is 1. The van der Waals surface area contributed by atoms with Crippen LogP contribution in [-0.4, -0.2) is 37.0 Å². The normalized spacial score (nSPS) is 11.6. The average molecular weight is 456 g/mol. The number of hydrogen-bond donors (Lipinski definition) is 1. The van der Waals surface area contributed by atoms with E-state index in [1.54, 1.807) is 13.3 Å². The molecule has 0 radical (unpaired) electrons. The Kier molecular flexibility index (Phi) is 6.56. The molecule has 1 N–H and O–H groups in total. The maximum absolute atomic E-state index is 12.5. The summed E-state index contributed by atoms with van der Waals surface area (Å²) >= 11 is 8.11. The molecule has 4 aromatic rings. The fraction of sp³-hybridized carbons (Fsp3) is 0.217. The molecule has 0 unspecified atom stereocenters. The van der Waals surface area contributed by atoms with Crippen molar-refractivity contribution in [3.8, 4) is 5.75 Å². The molecule has 2 heterocycles. The van der Waals surface area contributed by atoms with Gasteiger partial charge in [-0.2, -0.15) is 5.10 Å². The molecule has 8 heteroatoms. The number of hydrazone groups is 1. The van der Waals surface area contributed by atoms with Crippen LogP contribution >= 0.6 is 22.9 Å². The molecule has 0 aliphatic carbocycles. The Morgan fingerprint density at radius 3 is 2.87 bits per heavy atom. The predicted octanol–water partition coefficient (Wildman–Crippen LogP) is 5.32. The molecule has 2 aromatic carbocycles. The first-order chi connectivity index (χ1) is 15.1. The molecule has 0 fully saturated rings. The number of fused-ring (bicyclic) bond motifs is 2. The Balaban J connectivity index is 1.60. The first-order valence-electron chi connectivity index (χ1n) is 9.87. The Bertz CT molecular complexity index is 1230. The van der Waals surface area contributed by atoms with Gasteiger partial charge in [-0.15, -0.1) is 11.3 Å². The topological polar surface area (TPSA) is 64.8 Å². The molecular weight excluding hydrogens is 434 g/mol. The van der Waals surface area contributed by atoms with Crippen LogP contribution in [0.15, 0.2) is 53.6 Å². The van der Waals surface area contributed by atoms with E-state index in [9.17, 15) is 4.79 Å². The van der Waals surface area contributed by atoms with Crippen LogP contribution in [0.3, 0.4) is 0 Å². The van der Waals surface area contributed by atoms with Gasteiger partial charge in [0.1, 0.15) is 10.9 Å². The van der Waals surface area contributed by atoms with Gasteiger partial charge in [0.2, 0.25) is 0 Å². The van der Waals surface area contributed by atoms with Crippen LogP contribution in [0.5, 0.6) is 5.75 Å². The van der Waals surface area contributed by atoms with Crippen LogP contribution < -0.4 is 10.2 Å². The summed E-state index contributed by atoms with van der Waals surface area (Å²) in [7, 11) is 1.62. The summed E-state index contributed by atoms with van der Waals surface area (Å²) in [5, 5.41) is 6.63. The zero-order valence-electron chi connectivity index (χ0n) is 17.2. The Labute approximate surface area is 189 Å². The molecule has 0 atom stereocenters. The van der Waals surface area contributed by atoms with Gasteiger partial charge in [-0.05, 0) is 42.6 Å². The van der Waals surface area contributed by atoms with E-state index >= 15 is 0 Å². The minimum Gasteiger partial charge on any atom is -0.497 e. The lowest BCUT2D eigenvalue weighted by molar-refractivity contribution is 0.0959. The summed E-state index contributed by atoms with van der Waals surface area (Å²) in [5.41, 5.74) is 4.27. The zero-order valence-corrected chi connectivity index (χ0v) is 18.8. The number of nitrogens with one attached hydrogen (secondary N) is 1. The van der Waals surface area contributed by atoms with Crippen LogP contribution in [0.2, 0.25) is 5.15 Å². The number of carbonyl (C=O) groups is 1. The summed E-state index contributed by atoms with van der Waals surface area (Å²) < 4.78 is 13.9. The number of benzene rings is 2. The molecule has 31 heavy (non-hydrogen) atoms. The second-order valence-electron chi connectivity index (χ2n) is 6.78. The highest BCUT2D eigenvalue weighted by atomic mass is 35.5. The van der Waals surface area contributed by atoms with Gasteiger partial charge in [-0.3, -0.25) is 4.79 Å². The van der Waals surface area contributed by atoms with Crippen molar-refractivity contribution in [2.75, 3.05) is 20.3 Å². The third-order valence-electron chi connectivity index (χ3n) is 4.92. The number of aromatic nitrogens is 1. The number of halogens is 1. The number of nitrogens with zero attached hydrogens (tertiary/aromatic N) is 2. The monoisotopic (exact) mass is 455 g/mol. The first-order valence-corrected chi connectivity index (χ1v) is 11.1. The quantitative estimate of drug-likeness (QED) is 0.222. The van der Waals surface area contributed by atoms with E-state index in [2.05, 4.69) is 10.5 Å². The van der Waals surface area contributed by atoms with Gasteiger partial charge in [0.15, 0.2) is 0 Å². The van der Waals surface area contributed by atoms with E-state index < -0.39 is 0 Å². The standard InChI is InChI=1S/C23H22ClN3O3S/c1-3-30-11-10-27-19-9-8-16(29-2)13-17(19)18(22(27)24)14-25-26-23(28)21-12-15-6-4-5-7-20(15)31-21/h4-9,12-14H,3,10-11H2,1-2H3,(H,26,28)/b25-14+. The van der Waals surface area contributed by atoms with E-state index in [0.29, 0.717) is 35.4 Å². The summed E-state index contributed by atoms with van der Waals surface area (Å²) in [6.45, 7) is 3.75. The predicted molar refractivity (Wildman–Crippen MR) is 127 cm³/mol.